The average molecular weight is 334 g/mol. The highest BCUT2D eigenvalue weighted by molar-refractivity contribution is 6.01. The van der Waals surface area contributed by atoms with Crippen molar-refractivity contribution in [1.82, 2.24) is 10.5 Å². The number of hydrogen-bond acceptors (Lipinski definition) is 4. The molecule has 0 bridgehead atoms. The van der Waals surface area contributed by atoms with Crippen molar-refractivity contribution in [2.75, 3.05) is 0 Å². The Bertz CT molecular complexity index is 918. The van der Waals surface area contributed by atoms with Crippen molar-refractivity contribution in [1.29, 1.82) is 0 Å². The van der Waals surface area contributed by atoms with E-state index in [4.69, 9.17) is 4.52 Å². The molecule has 1 amide bonds. The summed E-state index contributed by atoms with van der Waals surface area (Å²) in [4.78, 5) is 12.9. The first-order valence-electron chi connectivity index (χ1n) is 8.23. The fraction of sp³-hybridized carbons (Fsp3) is 0.200. The second-order valence-electron chi connectivity index (χ2n) is 6.25. The minimum atomic E-state index is -0.637. The van der Waals surface area contributed by atoms with E-state index in [9.17, 15) is 9.90 Å². The van der Waals surface area contributed by atoms with Gasteiger partial charge in [-0.3, -0.25) is 4.79 Å². The minimum Gasteiger partial charge on any atom is -0.390 e. The van der Waals surface area contributed by atoms with Crippen LogP contribution in [0.1, 0.15) is 33.3 Å². The molecule has 0 saturated heterocycles. The Hall–Kier alpha value is -2.92. The van der Waals surface area contributed by atoms with Crippen LogP contribution in [0, 0.1) is 6.92 Å². The Kier molecular flexibility index (Phi) is 3.86. The van der Waals surface area contributed by atoms with Crippen LogP contribution in [0.4, 0.5) is 0 Å². The Morgan fingerprint density at radius 1 is 1.16 bits per heavy atom. The molecule has 25 heavy (non-hydrogen) atoms. The van der Waals surface area contributed by atoms with E-state index in [0.29, 0.717) is 23.4 Å². The van der Waals surface area contributed by atoms with Crippen molar-refractivity contribution in [2.45, 2.75) is 25.5 Å². The molecule has 0 unspecified atom stereocenters. The van der Waals surface area contributed by atoms with Gasteiger partial charge in [-0.2, -0.15) is 0 Å². The number of amides is 1. The molecular formula is C20H18N2O3. The molecule has 4 rings (SSSR count). The predicted molar refractivity (Wildman–Crippen MR) is 93.0 cm³/mol. The third-order valence-corrected chi connectivity index (χ3v) is 4.63. The van der Waals surface area contributed by atoms with Gasteiger partial charge in [0, 0.05) is 12.0 Å². The topological polar surface area (TPSA) is 75.4 Å². The first kappa shape index (κ1) is 15.6. The molecule has 1 aliphatic rings. The summed E-state index contributed by atoms with van der Waals surface area (Å²) < 4.78 is 5.26. The number of aliphatic hydroxyl groups excluding tert-OH is 1. The van der Waals surface area contributed by atoms with Crippen molar-refractivity contribution < 1.29 is 14.4 Å². The summed E-state index contributed by atoms with van der Waals surface area (Å²) in [6, 6.07) is 16.8. The van der Waals surface area contributed by atoms with Crippen LogP contribution >= 0.6 is 0 Å². The SMILES string of the molecule is Cc1onc(-c2ccccc2)c1C(=O)N[C@H]1c2ccccc2C[C@H]1O. The van der Waals surface area contributed by atoms with Crippen LogP contribution < -0.4 is 5.32 Å². The van der Waals surface area contributed by atoms with E-state index in [1.54, 1.807) is 6.92 Å². The maximum atomic E-state index is 12.9. The molecule has 0 saturated carbocycles. The van der Waals surface area contributed by atoms with Gasteiger partial charge >= 0.3 is 0 Å². The van der Waals surface area contributed by atoms with Crippen LogP contribution in [0.2, 0.25) is 0 Å². The van der Waals surface area contributed by atoms with E-state index in [2.05, 4.69) is 10.5 Å². The van der Waals surface area contributed by atoms with Crippen molar-refractivity contribution in [3.63, 3.8) is 0 Å². The summed E-state index contributed by atoms with van der Waals surface area (Å²) in [5, 5.41) is 17.4. The van der Waals surface area contributed by atoms with E-state index in [-0.39, 0.29) is 5.91 Å². The van der Waals surface area contributed by atoms with E-state index in [0.717, 1.165) is 16.7 Å². The first-order chi connectivity index (χ1) is 12.1. The highest BCUT2D eigenvalue weighted by Gasteiger charge is 2.33. The number of fused-ring (bicyclic) bond motifs is 1. The fourth-order valence-corrected chi connectivity index (χ4v) is 3.39. The van der Waals surface area contributed by atoms with Crippen molar-refractivity contribution in [2.24, 2.45) is 0 Å². The highest BCUT2D eigenvalue weighted by atomic mass is 16.5. The Balaban J connectivity index is 1.66. The number of aromatic nitrogens is 1. The van der Waals surface area contributed by atoms with E-state index in [1.807, 2.05) is 54.6 Å². The molecule has 0 aliphatic heterocycles. The fourth-order valence-electron chi connectivity index (χ4n) is 3.39. The van der Waals surface area contributed by atoms with Crippen LogP contribution in [-0.4, -0.2) is 22.3 Å². The number of nitrogens with one attached hydrogen (secondary N) is 1. The monoisotopic (exact) mass is 334 g/mol. The molecular weight excluding hydrogens is 316 g/mol. The molecule has 2 N–H and O–H groups in total. The Morgan fingerprint density at radius 2 is 1.88 bits per heavy atom. The van der Waals surface area contributed by atoms with Gasteiger partial charge in [0.25, 0.3) is 5.91 Å². The highest BCUT2D eigenvalue weighted by Crippen LogP contribution is 2.32. The summed E-state index contributed by atoms with van der Waals surface area (Å²) in [5.41, 5.74) is 3.75. The maximum absolute atomic E-state index is 12.9. The minimum absolute atomic E-state index is 0.293. The Labute approximate surface area is 145 Å². The van der Waals surface area contributed by atoms with Gasteiger partial charge in [0.1, 0.15) is 17.0 Å². The van der Waals surface area contributed by atoms with Crippen LogP contribution in [0.15, 0.2) is 59.1 Å². The van der Waals surface area contributed by atoms with Gasteiger partial charge in [-0.05, 0) is 18.1 Å². The van der Waals surface area contributed by atoms with Crippen molar-refractivity contribution >= 4 is 5.91 Å². The molecule has 0 spiro atoms. The molecule has 2 atom stereocenters. The smallest absolute Gasteiger partial charge is 0.257 e. The second kappa shape index (κ2) is 6.18. The second-order valence-corrected chi connectivity index (χ2v) is 6.25. The number of hydrogen-bond donors (Lipinski definition) is 2. The molecule has 1 aliphatic carbocycles. The van der Waals surface area contributed by atoms with Gasteiger partial charge in [-0.1, -0.05) is 59.8 Å². The lowest BCUT2D eigenvalue weighted by Crippen LogP contribution is -2.34. The molecule has 3 aromatic rings. The maximum Gasteiger partial charge on any atom is 0.257 e. The van der Waals surface area contributed by atoms with Crippen molar-refractivity contribution in [3.8, 4) is 11.3 Å². The van der Waals surface area contributed by atoms with Crippen LogP contribution in [0.3, 0.4) is 0 Å². The van der Waals surface area contributed by atoms with Gasteiger partial charge in [0.05, 0.1) is 12.1 Å². The molecule has 0 fully saturated rings. The lowest BCUT2D eigenvalue weighted by molar-refractivity contribution is 0.0857. The van der Waals surface area contributed by atoms with Gasteiger partial charge < -0.3 is 14.9 Å². The lowest BCUT2D eigenvalue weighted by Gasteiger charge is -2.18. The van der Waals surface area contributed by atoms with E-state index in [1.165, 1.54) is 0 Å². The molecule has 0 radical (unpaired) electrons. The first-order valence-corrected chi connectivity index (χ1v) is 8.23. The number of benzene rings is 2. The summed E-state index contributed by atoms with van der Waals surface area (Å²) in [7, 11) is 0. The number of aliphatic hydroxyl groups is 1. The molecule has 5 heteroatoms. The number of carbonyl (C=O) groups excluding carboxylic acids is 1. The molecule has 5 nitrogen and oxygen atoms in total. The van der Waals surface area contributed by atoms with E-state index < -0.39 is 12.1 Å². The zero-order chi connectivity index (χ0) is 17.4. The third-order valence-electron chi connectivity index (χ3n) is 4.63. The molecule has 2 aromatic carbocycles. The van der Waals surface area contributed by atoms with Gasteiger partial charge in [0.15, 0.2) is 0 Å². The number of nitrogens with zero attached hydrogens (tertiary/aromatic N) is 1. The van der Waals surface area contributed by atoms with Crippen LogP contribution in [0.25, 0.3) is 11.3 Å². The van der Waals surface area contributed by atoms with Gasteiger partial charge in [-0.25, -0.2) is 0 Å². The predicted octanol–water partition coefficient (Wildman–Crippen LogP) is 3.04. The van der Waals surface area contributed by atoms with Crippen LogP contribution in [-0.2, 0) is 6.42 Å². The van der Waals surface area contributed by atoms with Gasteiger partial charge in [0.2, 0.25) is 0 Å². The summed E-state index contributed by atoms with van der Waals surface area (Å²) in [6.45, 7) is 1.72. The zero-order valence-corrected chi connectivity index (χ0v) is 13.8. The van der Waals surface area contributed by atoms with Crippen molar-refractivity contribution in [3.05, 3.63) is 77.0 Å². The summed E-state index contributed by atoms with van der Waals surface area (Å²) >= 11 is 0. The Morgan fingerprint density at radius 3 is 2.68 bits per heavy atom. The molecule has 1 aromatic heterocycles. The quantitative estimate of drug-likeness (QED) is 0.772. The summed E-state index contributed by atoms with van der Waals surface area (Å²) in [6.07, 6.45) is -0.100. The van der Waals surface area contributed by atoms with E-state index >= 15 is 0 Å². The lowest BCUT2D eigenvalue weighted by atomic mass is 10.0. The number of rotatable bonds is 3. The number of aryl methyl sites for hydroxylation is 1. The molecule has 1 heterocycles. The zero-order valence-electron chi connectivity index (χ0n) is 13.8. The summed E-state index contributed by atoms with van der Waals surface area (Å²) in [5.74, 6) is 0.162. The number of carbonyl (C=O) groups is 1. The third kappa shape index (κ3) is 2.72. The standard InChI is InChI=1S/C20H18N2O3/c1-12-17(18(22-25-12)13-7-3-2-4-8-13)20(24)21-19-15-10-6-5-9-14(15)11-16(19)23/h2-10,16,19,23H,11H2,1H3,(H,21,24)/t16-,19+/m1/s1. The van der Waals surface area contributed by atoms with Crippen LogP contribution in [0.5, 0.6) is 0 Å². The largest absolute Gasteiger partial charge is 0.390 e. The average Bonchev–Trinajstić information content (AvgIpc) is 3.16. The normalized spacial score (nSPS) is 18.8. The molecule has 126 valence electrons. The van der Waals surface area contributed by atoms with Gasteiger partial charge in [-0.15, -0.1) is 0 Å².